The van der Waals surface area contributed by atoms with Crippen LogP contribution in [0, 0.1) is 5.41 Å². The molecule has 0 aliphatic heterocycles. The molecule has 0 saturated heterocycles. The van der Waals surface area contributed by atoms with Crippen molar-refractivity contribution in [2.45, 2.75) is 59.7 Å². The summed E-state index contributed by atoms with van der Waals surface area (Å²) in [4.78, 5) is 23.3. The molecule has 0 bridgehead atoms. The molecule has 0 radical (unpaired) electrons. The zero-order valence-corrected chi connectivity index (χ0v) is 24.4. The molecule has 4 rings (SSSR count). The molecule has 6 nitrogen and oxygen atoms in total. The average Bonchev–Trinajstić information content (AvgIpc) is 3.37. The van der Waals surface area contributed by atoms with E-state index in [4.69, 9.17) is 14.7 Å². The number of carbonyl (C=O) groups is 1. The molecule has 0 saturated carbocycles. The summed E-state index contributed by atoms with van der Waals surface area (Å²) in [6, 6.07) is 9.49. The van der Waals surface area contributed by atoms with Crippen LogP contribution in [0.25, 0.3) is 33.3 Å². The number of hydrogen-bond acceptors (Lipinski definition) is 5. The Kier molecular flexibility index (Phi) is 7.78. The molecule has 4 aromatic rings. The highest BCUT2D eigenvalue weighted by Gasteiger charge is 2.28. The average molecular weight is 523 g/mol. The molecule has 0 aliphatic carbocycles. The number of ketones is 1. The number of rotatable bonds is 10. The Bertz CT molecular complexity index is 1380. The number of hydrogen-bond donors (Lipinski definition) is 0. The van der Waals surface area contributed by atoms with Gasteiger partial charge in [0.15, 0.2) is 11.4 Å². The minimum absolute atomic E-state index is 0.0576. The SMILES string of the molecule is CSCCn1cc(-c2cnc3c(n2)c(C(=O)C(C)(C)C)cn3COCC[Si](C)(C)C)c2ccccc21. The zero-order chi connectivity index (χ0) is 26.1. The lowest BCUT2D eigenvalue weighted by molar-refractivity contribution is 0.0849. The first-order valence-electron chi connectivity index (χ1n) is 12.6. The molecule has 0 N–H and O–H groups in total. The van der Waals surface area contributed by atoms with E-state index in [0.717, 1.165) is 35.0 Å². The van der Waals surface area contributed by atoms with Gasteiger partial charge in [0.1, 0.15) is 12.2 Å². The highest BCUT2D eigenvalue weighted by Crippen LogP contribution is 2.32. The van der Waals surface area contributed by atoms with Gasteiger partial charge in [-0.3, -0.25) is 4.79 Å². The fraction of sp³-hybridized carbons (Fsp3) is 0.464. The summed E-state index contributed by atoms with van der Waals surface area (Å²) in [5, 5.41) is 1.14. The Hall–Kier alpha value is -2.42. The molecule has 1 aromatic carbocycles. The molecule has 0 unspecified atom stereocenters. The summed E-state index contributed by atoms with van der Waals surface area (Å²) in [5.74, 6) is 1.09. The molecular formula is C28H38N4O2SSi. The van der Waals surface area contributed by atoms with Crippen molar-refractivity contribution in [3.8, 4) is 11.3 Å². The predicted molar refractivity (Wildman–Crippen MR) is 155 cm³/mol. The van der Waals surface area contributed by atoms with Crippen LogP contribution in [0.1, 0.15) is 31.1 Å². The Morgan fingerprint density at radius 3 is 2.56 bits per heavy atom. The van der Waals surface area contributed by atoms with Gasteiger partial charge in [0.05, 0.1) is 17.5 Å². The van der Waals surface area contributed by atoms with Crippen LogP contribution in [0.2, 0.25) is 25.7 Å². The van der Waals surface area contributed by atoms with E-state index < -0.39 is 13.5 Å². The van der Waals surface area contributed by atoms with Crippen LogP contribution >= 0.6 is 11.8 Å². The van der Waals surface area contributed by atoms with Gasteiger partial charge in [-0.25, -0.2) is 9.97 Å². The Morgan fingerprint density at radius 2 is 1.86 bits per heavy atom. The summed E-state index contributed by atoms with van der Waals surface area (Å²) in [6.07, 6.45) is 7.99. The molecule has 0 amide bonds. The fourth-order valence-corrected chi connectivity index (χ4v) is 5.35. The van der Waals surface area contributed by atoms with Crippen molar-refractivity contribution in [2.75, 3.05) is 18.6 Å². The lowest BCUT2D eigenvalue weighted by Crippen LogP contribution is -2.22. The molecule has 0 atom stereocenters. The highest BCUT2D eigenvalue weighted by atomic mass is 32.2. The van der Waals surface area contributed by atoms with E-state index in [1.54, 1.807) is 0 Å². The molecule has 3 aromatic heterocycles. The second-order valence-electron chi connectivity index (χ2n) is 11.6. The number of Topliss-reactive ketones (excluding diaryl/α,β-unsaturated/α-hetero) is 1. The van der Waals surface area contributed by atoms with Gasteiger partial charge >= 0.3 is 0 Å². The van der Waals surface area contributed by atoms with Gasteiger partial charge in [0.2, 0.25) is 0 Å². The Morgan fingerprint density at radius 1 is 1.11 bits per heavy atom. The van der Waals surface area contributed by atoms with Gasteiger partial charge in [0, 0.05) is 61.3 Å². The van der Waals surface area contributed by atoms with Crippen LogP contribution in [0.3, 0.4) is 0 Å². The molecule has 0 fully saturated rings. The van der Waals surface area contributed by atoms with Crippen LogP contribution in [-0.2, 0) is 18.0 Å². The second-order valence-corrected chi connectivity index (χ2v) is 18.2. The normalized spacial score (nSPS) is 12.6. The van der Waals surface area contributed by atoms with Crippen molar-refractivity contribution in [1.29, 1.82) is 0 Å². The minimum Gasteiger partial charge on any atom is -0.361 e. The predicted octanol–water partition coefficient (Wildman–Crippen LogP) is 6.96. The van der Waals surface area contributed by atoms with Gasteiger partial charge in [-0.1, -0.05) is 58.6 Å². The third-order valence-electron chi connectivity index (χ3n) is 6.32. The van der Waals surface area contributed by atoms with Crippen molar-refractivity contribution < 1.29 is 9.53 Å². The third kappa shape index (κ3) is 5.76. The summed E-state index contributed by atoms with van der Waals surface area (Å²) in [7, 11) is -1.18. The number of aryl methyl sites for hydroxylation is 1. The summed E-state index contributed by atoms with van der Waals surface area (Å²) in [5.41, 5.74) is 4.40. The first kappa shape index (κ1) is 26.6. The van der Waals surface area contributed by atoms with Crippen molar-refractivity contribution in [3.05, 3.63) is 48.4 Å². The van der Waals surface area contributed by atoms with Gasteiger partial charge < -0.3 is 13.9 Å². The maximum atomic E-state index is 13.4. The zero-order valence-electron chi connectivity index (χ0n) is 22.6. The first-order chi connectivity index (χ1) is 17.0. The van der Waals surface area contributed by atoms with E-state index in [9.17, 15) is 4.79 Å². The Labute approximate surface area is 219 Å². The smallest absolute Gasteiger partial charge is 0.171 e. The summed E-state index contributed by atoms with van der Waals surface area (Å²) < 4.78 is 10.2. The molecule has 192 valence electrons. The Balaban J connectivity index is 1.77. The maximum absolute atomic E-state index is 13.4. The molecule has 0 aliphatic rings. The minimum atomic E-state index is -1.18. The highest BCUT2D eigenvalue weighted by molar-refractivity contribution is 7.98. The van der Waals surface area contributed by atoms with E-state index in [1.807, 2.05) is 49.5 Å². The number of carbonyl (C=O) groups excluding carboxylic acids is 1. The topological polar surface area (TPSA) is 61.9 Å². The van der Waals surface area contributed by atoms with Gasteiger partial charge in [-0.2, -0.15) is 11.8 Å². The second kappa shape index (κ2) is 10.5. The van der Waals surface area contributed by atoms with E-state index in [1.165, 1.54) is 5.52 Å². The monoisotopic (exact) mass is 522 g/mol. The summed E-state index contributed by atoms with van der Waals surface area (Å²) >= 11 is 1.83. The molecule has 0 spiro atoms. The standard InChI is InChI=1S/C28H38N4O2SSi/c1-28(2,3)26(33)22-18-32(19-34-13-15-36(5,6)7)27-25(22)30-23(16-29-27)21-17-31(12-14-35-4)24-11-9-8-10-20(21)24/h8-11,16-18H,12-15,19H2,1-7H3. The number of ether oxygens (including phenoxy) is 1. The molecule has 36 heavy (non-hydrogen) atoms. The summed E-state index contributed by atoms with van der Waals surface area (Å²) in [6.45, 7) is 14.8. The van der Waals surface area contributed by atoms with E-state index in [0.29, 0.717) is 30.1 Å². The first-order valence-corrected chi connectivity index (χ1v) is 17.7. The van der Waals surface area contributed by atoms with Crippen LogP contribution in [-0.4, -0.2) is 51.6 Å². The van der Waals surface area contributed by atoms with E-state index in [-0.39, 0.29) is 5.78 Å². The maximum Gasteiger partial charge on any atom is 0.171 e. The number of thioether (sulfide) groups is 1. The number of aromatic nitrogens is 4. The van der Waals surface area contributed by atoms with Crippen molar-refractivity contribution >= 4 is 47.7 Å². The van der Waals surface area contributed by atoms with Gasteiger partial charge in [-0.15, -0.1) is 0 Å². The van der Waals surface area contributed by atoms with Crippen LogP contribution < -0.4 is 0 Å². The molecule has 3 heterocycles. The fourth-order valence-electron chi connectivity index (χ4n) is 4.22. The van der Waals surface area contributed by atoms with Gasteiger partial charge in [-0.05, 0) is 18.4 Å². The van der Waals surface area contributed by atoms with E-state index >= 15 is 0 Å². The van der Waals surface area contributed by atoms with Crippen molar-refractivity contribution in [2.24, 2.45) is 5.41 Å². The van der Waals surface area contributed by atoms with Crippen LogP contribution in [0.5, 0.6) is 0 Å². The van der Waals surface area contributed by atoms with Gasteiger partial charge in [0.25, 0.3) is 0 Å². The van der Waals surface area contributed by atoms with Crippen LogP contribution in [0.15, 0.2) is 42.9 Å². The van der Waals surface area contributed by atoms with Crippen LogP contribution in [0.4, 0.5) is 0 Å². The molecular weight excluding hydrogens is 484 g/mol. The lowest BCUT2D eigenvalue weighted by Gasteiger charge is -2.16. The molecule has 8 heteroatoms. The van der Waals surface area contributed by atoms with E-state index in [2.05, 4.69) is 60.9 Å². The van der Waals surface area contributed by atoms with Crippen molar-refractivity contribution in [1.82, 2.24) is 19.1 Å². The number of fused-ring (bicyclic) bond motifs is 2. The largest absolute Gasteiger partial charge is 0.361 e. The number of para-hydroxylation sites is 1. The quantitative estimate of drug-likeness (QED) is 0.128. The number of nitrogens with zero attached hydrogens (tertiary/aromatic N) is 4. The third-order valence-corrected chi connectivity index (χ3v) is 8.61. The van der Waals surface area contributed by atoms with Crippen molar-refractivity contribution in [3.63, 3.8) is 0 Å². The lowest BCUT2D eigenvalue weighted by atomic mass is 9.87. The number of benzene rings is 1.